The molecule has 0 bridgehead atoms. The molecule has 3 aromatic rings. The van der Waals surface area contributed by atoms with Crippen LogP contribution in [-0.2, 0) is 0 Å². The highest BCUT2D eigenvalue weighted by Gasteiger charge is 2.07. The molecule has 2 N–H and O–H groups in total. The van der Waals surface area contributed by atoms with Crippen LogP contribution in [0.25, 0.3) is 11.0 Å². The molecule has 94 valence electrons. The average molecular weight is 274 g/mol. The second-order valence-corrected chi connectivity index (χ2v) is 4.09. The molecule has 0 saturated carbocycles. The number of benzene rings is 1. The van der Waals surface area contributed by atoms with Gasteiger partial charge in [-0.25, -0.2) is 15.0 Å². The first-order valence-corrected chi connectivity index (χ1v) is 5.77. The number of hydrogen-bond acceptors (Lipinski definition) is 6. The molecule has 6 nitrogen and oxygen atoms in total. The van der Waals surface area contributed by atoms with Crippen LogP contribution in [0.2, 0.25) is 5.15 Å². The van der Waals surface area contributed by atoms with E-state index in [1.54, 1.807) is 6.07 Å². The number of halogens is 1. The monoisotopic (exact) mass is 273 g/mol. The first-order chi connectivity index (χ1) is 9.22. The topological polar surface area (TPSA) is 86.8 Å². The van der Waals surface area contributed by atoms with Crippen LogP contribution in [0, 0.1) is 0 Å². The minimum atomic E-state index is 0.302. The molecule has 0 fully saturated rings. The van der Waals surface area contributed by atoms with Crippen LogP contribution in [0.4, 0.5) is 5.82 Å². The van der Waals surface area contributed by atoms with Gasteiger partial charge in [0, 0.05) is 6.07 Å². The van der Waals surface area contributed by atoms with Crippen molar-refractivity contribution in [3.8, 4) is 11.6 Å². The summed E-state index contributed by atoms with van der Waals surface area (Å²) in [7, 11) is 0. The highest BCUT2D eigenvalue weighted by atomic mass is 35.5. The maximum absolute atomic E-state index is 5.78. The first kappa shape index (κ1) is 11.6. The van der Waals surface area contributed by atoms with E-state index in [-0.39, 0.29) is 0 Å². The Labute approximate surface area is 113 Å². The van der Waals surface area contributed by atoms with Crippen LogP contribution in [0.5, 0.6) is 11.6 Å². The Kier molecular flexibility index (Phi) is 2.85. The van der Waals surface area contributed by atoms with Gasteiger partial charge in [0.1, 0.15) is 22.8 Å². The predicted molar refractivity (Wildman–Crippen MR) is 71.1 cm³/mol. The number of aromatic nitrogens is 4. The Balaban J connectivity index is 2.07. The standard InChI is InChI=1S/C12H8ClN5O/c13-9-4-11(17-6-16-9)19-8-3-1-2-7-12(8)18-10(14)5-15-7/h1-6H,(H2,14,18). The molecule has 19 heavy (non-hydrogen) atoms. The van der Waals surface area contributed by atoms with Gasteiger partial charge in [-0.2, -0.15) is 0 Å². The summed E-state index contributed by atoms with van der Waals surface area (Å²) in [5, 5.41) is 0.302. The molecule has 0 aliphatic heterocycles. The number of para-hydroxylation sites is 1. The highest BCUT2D eigenvalue weighted by Crippen LogP contribution is 2.27. The summed E-state index contributed by atoms with van der Waals surface area (Å²) in [6.45, 7) is 0. The van der Waals surface area contributed by atoms with Gasteiger partial charge in [-0.1, -0.05) is 17.7 Å². The first-order valence-electron chi connectivity index (χ1n) is 5.39. The fraction of sp³-hybridized carbons (Fsp3) is 0. The van der Waals surface area contributed by atoms with E-state index in [0.717, 1.165) is 0 Å². The minimum Gasteiger partial charge on any atom is -0.437 e. The largest absolute Gasteiger partial charge is 0.437 e. The van der Waals surface area contributed by atoms with Crippen LogP contribution in [0.3, 0.4) is 0 Å². The summed E-state index contributed by atoms with van der Waals surface area (Å²) < 4.78 is 5.63. The average Bonchev–Trinajstić information content (AvgIpc) is 2.39. The van der Waals surface area contributed by atoms with Crippen molar-refractivity contribution in [1.29, 1.82) is 0 Å². The molecule has 2 heterocycles. The smallest absolute Gasteiger partial charge is 0.223 e. The number of hydrogen-bond donors (Lipinski definition) is 1. The molecule has 3 rings (SSSR count). The predicted octanol–water partition coefficient (Wildman–Crippen LogP) is 2.45. The van der Waals surface area contributed by atoms with Gasteiger partial charge in [-0.05, 0) is 12.1 Å². The van der Waals surface area contributed by atoms with Crippen molar-refractivity contribution in [3.63, 3.8) is 0 Å². The number of rotatable bonds is 2. The number of ether oxygens (including phenoxy) is 1. The van der Waals surface area contributed by atoms with Crippen LogP contribution in [0.1, 0.15) is 0 Å². The number of nitrogen functional groups attached to an aromatic ring is 1. The number of nitrogens with two attached hydrogens (primary N) is 1. The number of nitrogens with zero attached hydrogens (tertiary/aromatic N) is 4. The summed E-state index contributed by atoms with van der Waals surface area (Å²) in [6.07, 6.45) is 2.82. The van der Waals surface area contributed by atoms with Crippen molar-refractivity contribution in [2.45, 2.75) is 0 Å². The summed E-state index contributed by atoms with van der Waals surface area (Å²) in [5.74, 6) is 1.16. The second-order valence-electron chi connectivity index (χ2n) is 3.70. The van der Waals surface area contributed by atoms with Crippen molar-refractivity contribution in [1.82, 2.24) is 19.9 Å². The van der Waals surface area contributed by atoms with E-state index in [2.05, 4.69) is 19.9 Å². The van der Waals surface area contributed by atoms with Crippen molar-refractivity contribution in [3.05, 3.63) is 41.9 Å². The quantitative estimate of drug-likeness (QED) is 0.722. The van der Waals surface area contributed by atoms with Gasteiger partial charge >= 0.3 is 0 Å². The van der Waals surface area contributed by atoms with E-state index >= 15 is 0 Å². The molecule has 0 radical (unpaired) electrons. The molecular weight excluding hydrogens is 266 g/mol. The number of anilines is 1. The van der Waals surface area contributed by atoms with Gasteiger partial charge in [0.2, 0.25) is 5.88 Å². The van der Waals surface area contributed by atoms with Gasteiger partial charge in [-0.3, -0.25) is 4.98 Å². The van der Waals surface area contributed by atoms with Crippen molar-refractivity contribution < 1.29 is 4.74 Å². The Hall–Kier alpha value is -2.47. The van der Waals surface area contributed by atoms with E-state index < -0.39 is 0 Å². The molecule has 0 unspecified atom stereocenters. The third kappa shape index (κ3) is 2.38. The molecule has 0 aliphatic rings. The van der Waals surface area contributed by atoms with Crippen molar-refractivity contribution in [2.24, 2.45) is 0 Å². The molecule has 0 aliphatic carbocycles. The van der Waals surface area contributed by atoms with E-state index in [1.807, 2.05) is 12.1 Å². The van der Waals surface area contributed by atoms with E-state index in [0.29, 0.717) is 33.6 Å². The van der Waals surface area contributed by atoms with Gasteiger partial charge < -0.3 is 10.5 Å². The molecule has 0 saturated heterocycles. The number of fused-ring (bicyclic) bond motifs is 1. The van der Waals surface area contributed by atoms with Crippen LogP contribution < -0.4 is 10.5 Å². The molecule has 0 amide bonds. The van der Waals surface area contributed by atoms with Gasteiger partial charge in [-0.15, -0.1) is 0 Å². The lowest BCUT2D eigenvalue weighted by atomic mass is 10.3. The Morgan fingerprint density at radius 3 is 2.89 bits per heavy atom. The highest BCUT2D eigenvalue weighted by molar-refractivity contribution is 6.29. The molecule has 0 spiro atoms. The molecule has 1 aromatic carbocycles. The summed E-state index contributed by atoms with van der Waals surface area (Å²) in [6, 6.07) is 6.90. The molecule has 2 aromatic heterocycles. The Morgan fingerprint density at radius 2 is 2.05 bits per heavy atom. The van der Waals surface area contributed by atoms with Crippen molar-refractivity contribution in [2.75, 3.05) is 5.73 Å². The summed E-state index contributed by atoms with van der Waals surface area (Å²) in [5.41, 5.74) is 6.89. The Bertz CT molecular complexity index is 749. The van der Waals surface area contributed by atoms with Gasteiger partial charge in [0.25, 0.3) is 0 Å². The van der Waals surface area contributed by atoms with Crippen LogP contribution in [0.15, 0.2) is 36.8 Å². The molecular formula is C12H8ClN5O. The maximum Gasteiger partial charge on any atom is 0.223 e. The van der Waals surface area contributed by atoms with E-state index in [4.69, 9.17) is 22.1 Å². The van der Waals surface area contributed by atoms with Crippen LogP contribution >= 0.6 is 11.6 Å². The van der Waals surface area contributed by atoms with Crippen LogP contribution in [-0.4, -0.2) is 19.9 Å². The SMILES string of the molecule is Nc1cnc2cccc(Oc3cc(Cl)ncn3)c2n1. The zero-order valence-electron chi connectivity index (χ0n) is 9.62. The summed E-state index contributed by atoms with van der Waals surface area (Å²) in [4.78, 5) is 16.1. The maximum atomic E-state index is 5.78. The lowest BCUT2D eigenvalue weighted by molar-refractivity contribution is 0.465. The third-order valence-electron chi connectivity index (χ3n) is 2.38. The summed E-state index contributed by atoms with van der Waals surface area (Å²) >= 11 is 5.78. The molecule has 0 atom stereocenters. The van der Waals surface area contributed by atoms with Gasteiger partial charge in [0.05, 0.1) is 11.7 Å². The minimum absolute atomic E-state index is 0.302. The normalized spacial score (nSPS) is 10.6. The van der Waals surface area contributed by atoms with E-state index in [1.165, 1.54) is 18.6 Å². The third-order valence-corrected chi connectivity index (χ3v) is 2.58. The second kappa shape index (κ2) is 4.66. The van der Waals surface area contributed by atoms with Gasteiger partial charge in [0.15, 0.2) is 5.75 Å². The van der Waals surface area contributed by atoms with E-state index in [9.17, 15) is 0 Å². The zero-order valence-corrected chi connectivity index (χ0v) is 10.4. The fourth-order valence-electron chi connectivity index (χ4n) is 1.59. The Morgan fingerprint density at radius 1 is 1.16 bits per heavy atom. The molecule has 7 heteroatoms. The van der Waals surface area contributed by atoms with Crippen molar-refractivity contribution >= 4 is 28.5 Å². The fourth-order valence-corrected chi connectivity index (χ4v) is 1.73. The lowest BCUT2D eigenvalue weighted by Gasteiger charge is -2.07. The zero-order chi connectivity index (χ0) is 13.2. The lowest BCUT2D eigenvalue weighted by Crippen LogP contribution is -1.95.